The third kappa shape index (κ3) is 6.10. The number of hydrogen-bond acceptors (Lipinski definition) is 4. The van der Waals surface area contributed by atoms with E-state index in [1.54, 1.807) is 19.1 Å². The van der Waals surface area contributed by atoms with Gasteiger partial charge < -0.3 is 10.2 Å². The molecule has 0 aliphatic heterocycles. The molecule has 0 heterocycles. The third-order valence-electron chi connectivity index (χ3n) is 5.56. The number of anilines is 1. The maximum absolute atomic E-state index is 12.5. The van der Waals surface area contributed by atoms with E-state index in [2.05, 4.69) is 34.9 Å². The van der Waals surface area contributed by atoms with Gasteiger partial charge in [-0.25, -0.2) is 0 Å². The minimum atomic E-state index is -0.808. The Balaban J connectivity index is 1.51. The molecule has 0 aliphatic rings. The molecule has 0 spiro atoms. The van der Waals surface area contributed by atoms with Crippen LogP contribution in [0.1, 0.15) is 36.7 Å². The van der Waals surface area contributed by atoms with Gasteiger partial charge in [0.25, 0.3) is 11.8 Å². The van der Waals surface area contributed by atoms with E-state index in [1.165, 1.54) is 0 Å². The van der Waals surface area contributed by atoms with Gasteiger partial charge in [0.05, 0.1) is 6.42 Å². The molecule has 0 aliphatic carbocycles. The van der Waals surface area contributed by atoms with Crippen molar-refractivity contribution in [1.29, 1.82) is 0 Å². The summed E-state index contributed by atoms with van der Waals surface area (Å²) < 4.78 is 0. The van der Waals surface area contributed by atoms with Gasteiger partial charge >= 0.3 is 0 Å². The number of carbonyl (C=O) groups excluding carboxylic acids is 3. The number of rotatable bonds is 8. The van der Waals surface area contributed by atoms with Gasteiger partial charge in [0.15, 0.2) is 0 Å². The van der Waals surface area contributed by atoms with Crippen LogP contribution in [0.5, 0.6) is 0 Å². The highest BCUT2D eigenvalue weighted by atomic mass is 16.2. The highest BCUT2D eigenvalue weighted by molar-refractivity contribution is 5.97. The van der Waals surface area contributed by atoms with Crippen molar-refractivity contribution < 1.29 is 14.4 Å². The van der Waals surface area contributed by atoms with Crippen LogP contribution in [0.3, 0.4) is 0 Å². The normalized spacial score (nSPS) is 11.5. The standard InChI is InChI=1S/C26H30N4O3/c1-4-30(5-2)22-15-13-20(14-16-22)26(33)29-28-25(32)18(3)27-24(31)17-21-11-8-10-19-9-6-7-12-23(19)21/h6-16,18H,4-5,17H2,1-3H3,(H,27,31)(H,28,32)(H,29,33)/t18-/m1/s1. The molecule has 0 fully saturated rings. The molecule has 3 N–H and O–H groups in total. The lowest BCUT2D eigenvalue weighted by molar-refractivity contribution is -0.128. The van der Waals surface area contributed by atoms with Gasteiger partial charge in [0.2, 0.25) is 5.91 Å². The quantitative estimate of drug-likeness (QED) is 0.464. The van der Waals surface area contributed by atoms with Crippen molar-refractivity contribution in [2.45, 2.75) is 33.2 Å². The monoisotopic (exact) mass is 446 g/mol. The van der Waals surface area contributed by atoms with Gasteiger partial charge in [-0.1, -0.05) is 42.5 Å². The highest BCUT2D eigenvalue weighted by Gasteiger charge is 2.17. The molecule has 172 valence electrons. The molecule has 33 heavy (non-hydrogen) atoms. The van der Waals surface area contributed by atoms with E-state index in [9.17, 15) is 14.4 Å². The molecule has 7 heteroatoms. The van der Waals surface area contributed by atoms with Crippen molar-refractivity contribution in [3.8, 4) is 0 Å². The van der Waals surface area contributed by atoms with Gasteiger partial charge in [0, 0.05) is 24.3 Å². The zero-order chi connectivity index (χ0) is 23.8. The summed E-state index contributed by atoms with van der Waals surface area (Å²) in [7, 11) is 0. The largest absolute Gasteiger partial charge is 0.372 e. The summed E-state index contributed by atoms with van der Waals surface area (Å²) in [5.41, 5.74) is 7.12. The third-order valence-corrected chi connectivity index (χ3v) is 5.56. The number of fused-ring (bicyclic) bond motifs is 1. The van der Waals surface area contributed by atoms with Crippen molar-refractivity contribution >= 4 is 34.2 Å². The second-order valence-electron chi connectivity index (χ2n) is 7.77. The molecule has 0 bridgehead atoms. The van der Waals surface area contributed by atoms with Crippen LogP contribution in [0.2, 0.25) is 0 Å². The van der Waals surface area contributed by atoms with Crippen molar-refractivity contribution in [2.75, 3.05) is 18.0 Å². The van der Waals surface area contributed by atoms with Crippen LogP contribution in [-0.4, -0.2) is 36.9 Å². The Hall–Kier alpha value is -3.87. The Morgan fingerprint density at radius 2 is 1.52 bits per heavy atom. The molecular formula is C26H30N4O3. The lowest BCUT2D eigenvalue weighted by atomic mass is 10.0. The topological polar surface area (TPSA) is 90.5 Å². The Morgan fingerprint density at radius 3 is 2.21 bits per heavy atom. The van der Waals surface area contributed by atoms with E-state index in [4.69, 9.17) is 0 Å². The van der Waals surface area contributed by atoms with Crippen LogP contribution in [0.4, 0.5) is 5.69 Å². The Morgan fingerprint density at radius 1 is 0.848 bits per heavy atom. The average molecular weight is 447 g/mol. The predicted molar refractivity (Wildman–Crippen MR) is 131 cm³/mol. The summed E-state index contributed by atoms with van der Waals surface area (Å²) in [5.74, 6) is -1.20. The SMILES string of the molecule is CCN(CC)c1ccc(C(=O)NNC(=O)[C@@H](C)NC(=O)Cc2cccc3ccccc23)cc1. The first kappa shape index (κ1) is 23.8. The van der Waals surface area contributed by atoms with Crippen LogP contribution in [0.15, 0.2) is 66.7 Å². The number of amides is 3. The van der Waals surface area contributed by atoms with Crippen molar-refractivity contribution in [3.63, 3.8) is 0 Å². The molecule has 0 saturated heterocycles. The zero-order valence-corrected chi connectivity index (χ0v) is 19.2. The Bertz CT molecular complexity index is 1120. The first-order valence-corrected chi connectivity index (χ1v) is 11.1. The number of carbonyl (C=O) groups is 3. The molecule has 3 rings (SSSR count). The molecule has 0 radical (unpaired) electrons. The average Bonchev–Trinajstić information content (AvgIpc) is 2.83. The molecule has 7 nitrogen and oxygen atoms in total. The second kappa shape index (κ2) is 11.1. The van der Waals surface area contributed by atoms with Crippen LogP contribution >= 0.6 is 0 Å². The lowest BCUT2D eigenvalue weighted by Gasteiger charge is -2.21. The number of hydrazine groups is 1. The van der Waals surface area contributed by atoms with Gasteiger partial charge in [-0.3, -0.25) is 25.2 Å². The molecule has 0 saturated carbocycles. The summed E-state index contributed by atoms with van der Waals surface area (Å²) in [6.45, 7) is 7.47. The first-order chi connectivity index (χ1) is 15.9. The molecule has 3 aromatic rings. The molecular weight excluding hydrogens is 416 g/mol. The van der Waals surface area contributed by atoms with Gasteiger partial charge in [0.1, 0.15) is 6.04 Å². The van der Waals surface area contributed by atoms with Gasteiger partial charge in [-0.15, -0.1) is 0 Å². The van der Waals surface area contributed by atoms with Crippen molar-refractivity contribution in [1.82, 2.24) is 16.2 Å². The predicted octanol–water partition coefficient (Wildman–Crippen LogP) is 3.19. The molecule has 0 unspecified atom stereocenters. The summed E-state index contributed by atoms with van der Waals surface area (Å²) in [6.07, 6.45) is 0.157. The number of hydrogen-bond donors (Lipinski definition) is 3. The number of nitrogens with one attached hydrogen (secondary N) is 3. The molecule has 1 atom stereocenters. The lowest BCUT2D eigenvalue weighted by Crippen LogP contribution is -2.51. The van der Waals surface area contributed by atoms with Crippen LogP contribution in [-0.2, 0) is 16.0 Å². The Kier molecular flexibility index (Phi) is 8.02. The minimum absolute atomic E-state index is 0.157. The van der Waals surface area contributed by atoms with Crippen LogP contribution in [0.25, 0.3) is 10.8 Å². The smallest absolute Gasteiger partial charge is 0.269 e. The maximum Gasteiger partial charge on any atom is 0.269 e. The van der Waals surface area contributed by atoms with E-state index in [1.807, 2.05) is 54.6 Å². The first-order valence-electron chi connectivity index (χ1n) is 11.1. The van der Waals surface area contributed by atoms with E-state index in [0.717, 1.165) is 35.1 Å². The second-order valence-corrected chi connectivity index (χ2v) is 7.77. The van der Waals surface area contributed by atoms with Gasteiger partial charge in [-0.05, 0) is 61.4 Å². The van der Waals surface area contributed by atoms with Crippen molar-refractivity contribution in [2.24, 2.45) is 0 Å². The van der Waals surface area contributed by atoms with Crippen LogP contribution in [0, 0.1) is 0 Å². The number of nitrogens with zero attached hydrogens (tertiary/aromatic N) is 1. The van der Waals surface area contributed by atoms with E-state index in [0.29, 0.717) is 5.56 Å². The summed E-state index contributed by atoms with van der Waals surface area (Å²) >= 11 is 0. The maximum atomic E-state index is 12.5. The highest BCUT2D eigenvalue weighted by Crippen LogP contribution is 2.19. The fraction of sp³-hybridized carbons (Fsp3) is 0.269. The molecule has 0 aromatic heterocycles. The molecule has 3 amide bonds. The van der Waals surface area contributed by atoms with Crippen molar-refractivity contribution in [3.05, 3.63) is 77.9 Å². The zero-order valence-electron chi connectivity index (χ0n) is 19.2. The number of benzene rings is 3. The fourth-order valence-electron chi connectivity index (χ4n) is 3.69. The Labute approximate surface area is 194 Å². The van der Waals surface area contributed by atoms with E-state index >= 15 is 0 Å². The summed E-state index contributed by atoms with van der Waals surface area (Å²) in [5, 5.41) is 4.74. The molecule has 3 aromatic carbocycles. The van der Waals surface area contributed by atoms with Gasteiger partial charge in [-0.2, -0.15) is 0 Å². The van der Waals surface area contributed by atoms with E-state index < -0.39 is 17.9 Å². The fourth-order valence-corrected chi connectivity index (χ4v) is 3.69. The summed E-state index contributed by atoms with van der Waals surface area (Å²) in [4.78, 5) is 39.4. The minimum Gasteiger partial charge on any atom is -0.372 e. The summed E-state index contributed by atoms with van der Waals surface area (Å²) in [6, 6.07) is 20.0. The van der Waals surface area contributed by atoms with Crippen LogP contribution < -0.4 is 21.1 Å². The van der Waals surface area contributed by atoms with E-state index in [-0.39, 0.29) is 12.3 Å².